The number of imidazole rings is 1. The Morgan fingerprint density at radius 1 is 1.29 bits per heavy atom. The quantitative estimate of drug-likeness (QED) is 0.761. The minimum absolute atomic E-state index is 0.465. The summed E-state index contributed by atoms with van der Waals surface area (Å²) in [5.74, 6) is 1.43. The van der Waals surface area contributed by atoms with Crippen LogP contribution in [0.3, 0.4) is 0 Å². The summed E-state index contributed by atoms with van der Waals surface area (Å²) in [6.45, 7) is 0. The average Bonchev–Trinajstić information content (AvgIpc) is 2.78. The van der Waals surface area contributed by atoms with Gasteiger partial charge < -0.3 is 4.57 Å². The second-order valence-electron chi connectivity index (χ2n) is 4.67. The lowest BCUT2D eigenvalue weighted by Gasteiger charge is -2.24. The van der Waals surface area contributed by atoms with E-state index in [0.29, 0.717) is 11.9 Å². The summed E-state index contributed by atoms with van der Waals surface area (Å²) in [6.07, 6.45) is 8.25. The van der Waals surface area contributed by atoms with Crippen LogP contribution in [0.1, 0.15) is 44.0 Å². The van der Waals surface area contributed by atoms with E-state index in [1.54, 1.807) is 0 Å². The maximum absolute atomic E-state index is 6.01. The van der Waals surface area contributed by atoms with Crippen molar-refractivity contribution in [1.82, 2.24) is 14.5 Å². The van der Waals surface area contributed by atoms with Crippen LogP contribution in [0.5, 0.6) is 0 Å². The Morgan fingerprint density at radius 3 is 2.88 bits per heavy atom. The molecule has 1 aliphatic carbocycles. The molecular weight excluding hydrogens is 234 g/mol. The number of halogens is 1. The summed E-state index contributed by atoms with van der Waals surface area (Å²) >= 11 is 6.01. The number of alkyl halides is 1. The van der Waals surface area contributed by atoms with Gasteiger partial charge in [0.15, 0.2) is 5.65 Å². The third-order valence-corrected chi connectivity index (χ3v) is 3.82. The molecule has 1 fully saturated rings. The number of pyridine rings is 1. The van der Waals surface area contributed by atoms with Gasteiger partial charge in [-0.1, -0.05) is 19.3 Å². The zero-order valence-electron chi connectivity index (χ0n) is 9.77. The second-order valence-corrected chi connectivity index (χ2v) is 4.94. The normalized spacial score (nSPS) is 17.7. The van der Waals surface area contributed by atoms with Crippen molar-refractivity contribution in [2.75, 3.05) is 0 Å². The molecule has 17 heavy (non-hydrogen) atoms. The van der Waals surface area contributed by atoms with Crippen LogP contribution in [0.25, 0.3) is 11.2 Å². The van der Waals surface area contributed by atoms with Gasteiger partial charge in [-0.05, 0) is 25.0 Å². The van der Waals surface area contributed by atoms with Gasteiger partial charge in [-0.3, -0.25) is 0 Å². The smallest absolute Gasteiger partial charge is 0.160 e. The Balaban J connectivity index is 2.11. The van der Waals surface area contributed by atoms with E-state index < -0.39 is 0 Å². The Labute approximate surface area is 106 Å². The van der Waals surface area contributed by atoms with Gasteiger partial charge in [0.05, 0.1) is 5.88 Å². The summed E-state index contributed by atoms with van der Waals surface area (Å²) < 4.78 is 2.27. The molecule has 2 heterocycles. The van der Waals surface area contributed by atoms with Gasteiger partial charge in [0.2, 0.25) is 0 Å². The fraction of sp³-hybridized carbons (Fsp3) is 0.538. The van der Waals surface area contributed by atoms with Gasteiger partial charge in [0.25, 0.3) is 0 Å². The molecule has 3 nitrogen and oxygen atoms in total. The second kappa shape index (κ2) is 4.65. The first-order valence-electron chi connectivity index (χ1n) is 6.28. The molecule has 90 valence electrons. The van der Waals surface area contributed by atoms with E-state index in [-0.39, 0.29) is 0 Å². The minimum Gasteiger partial charge on any atom is -0.309 e. The number of fused-ring (bicyclic) bond motifs is 1. The molecule has 2 aromatic rings. The number of hydrogen-bond acceptors (Lipinski definition) is 2. The van der Waals surface area contributed by atoms with Gasteiger partial charge in [-0.15, -0.1) is 11.6 Å². The summed E-state index contributed by atoms with van der Waals surface area (Å²) in [5, 5.41) is 0. The summed E-state index contributed by atoms with van der Waals surface area (Å²) in [6, 6.07) is 4.48. The van der Waals surface area contributed by atoms with Crippen molar-refractivity contribution >= 4 is 22.8 Å². The first kappa shape index (κ1) is 11.0. The Morgan fingerprint density at radius 2 is 2.12 bits per heavy atom. The van der Waals surface area contributed by atoms with Crippen molar-refractivity contribution in [2.45, 2.75) is 44.0 Å². The van der Waals surface area contributed by atoms with Gasteiger partial charge in [0.1, 0.15) is 11.3 Å². The number of nitrogens with zero attached hydrogens (tertiary/aromatic N) is 3. The van der Waals surface area contributed by atoms with E-state index in [4.69, 9.17) is 11.6 Å². The zero-order valence-corrected chi connectivity index (χ0v) is 10.5. The van der Waals surface area contributed by atoms with Crippen LogP contribution < -0.4 is 0 Å². The van der Waals surface area contributed by atoms with Crippen molar-refractivity contribution in [1.29, 1.82) is 0 Å². The monoisotopic (exact) mass is 249 g/mol. The van der Waals surface area contributed by atoms with E-state index in [2.05, 4.69) is 14.5 Å². The highest BCUT2D eigenvalue weighted by atomic mass is 35.5. The molecule has 0 spiro atoms. The first-order valence-corrected chi connectivity index (χ1v) is 6.81. The highest BCUT2D eigenvalue weighted by molar-refractivity contribution is 6.16. The molecule has 0 atom stereocenters. The molecule has 0 bridgehead atoms. The largest absolute Gasteiger partial charge is 0.309 e. The molecule has 4 heteroatoms. The summed E-state index contributed by atoms with van der Waals surface area (Å²) in [7, 11) is 0. The van der Waals surface area contributed by atoms with Crippen LogP contribution in [-0.4, -0.2) is 14.5 Å². The minimum atomic E-state index is 0.465. The fourth-order valence-electron chi connectivity index (χ4n) is 2.79. The highest BCUT2D eigenvalue weighted by Gasteiger charge is 2.21. The summed E-state index contributed by atoms with van der Waals surface area (Å²) in [4.78, 5) is 9.04. The van der Waals surface area contributed by atoms with Crippen molar-refractivity contribution < 1.29 is 0 Å². The lowest BCUT2D eigenvalue weighted by Crippen LogP contribution is -2.15. The molecule has 1 saturated carbocycles. The maximum atomic E-state index is 6.01. The van der Waals surface area contributed by atoms with Crippen molar-refractivity contribution in [3.63, 3.8) is 0 Å². The molecule has 2 aromatic heterocycles. The molecule has 3 rings (SSSR count). The highest BCUT2D eigenvalue weighted by Crippen LogP contribution is 2.32. The van der Waals surface area contributed by atoms with Gasteiger partial charge >= 0.3 is 0 Å². The van der Waals surface area contributed by atoms with Crippen molar-refractivity contribution in [3.05, 3.63) is 24.2 Å². The number of aromatic nitrogens is 3. The van der Waals surface area contributed by atoms with Crippen LogP contribution in [-0.2, 0) is 5.88 Å². The molecule has 0 radical (unpaired) electrons. The van der Waals surface area contributed by atoms with Crippen LogP contribution in [0.2, 0.25) is 0 Å². The molecular formula is C13H16ClN3. The van der Waals surface area contributed by atoms with Crippen LogP contribution in [0, 0.1) is 0 Å². The molecule has 0 unspecified atom stereocenters. The van der Waals surface area contributed by atoms with Crippen molar-refractivity contribution in [2.24, 2.45) is 0 Å². The van der Waals surface area contributed by atoms with Crippen LogP contribution in [0.4, 0.5) is 0 Å². The lowest BCUT2D eigenvalue weighted by molar-refractivity contribution is 0.353. The molecule has 1 aliphatic rings. The summed E-state index contributed by atoms with van der Waals surface area (Å²) in [5.41, 5.74) is 1.96. The average molecular weight is 250 g/mol. The predicted octanol–water partition coefficient (Wildman–Crippen LogP) is 3.68. The Hall–Kier alpha value is -1.09. The Kier molecular flexibility index (Phi) is 3.02. The van der Waals surface area contributed by atoms with E-state index in [9.17, 15) is 0 Å². The molecule has 0 aliphatic heterocycles. The molecule has 0 N–H and O–H groups in total. The standard InChI is InChI=1S/C13H16ClN3/c14-9-12-16-11-7-4-8-15-13(11)17(12)10-5-2-1-3-6-10/h4,7-8,10H,1-3,5-6,9H2. The van der Waals surface area contributed by atoms with E-state index >= 15 is 0 Å². The van der Waals surface area contributed by atoms with Crippen LogP contribution in [0.15, 0.2) is 18.3 Å². The van der Waals surface area contributed by atoms with E-state index in [1.807, 2.05) is 18.3 Å². The maximum Gasteiger partial charge on any atom is 0.160 e. The lowest BCUT2D eigenvalue weighted by atomic mass is 9.95. The van der Waals surface area contributed by atoms with E-state index in [0.717, 1.165) is 17.0 Å². The SMILES string of the molecule is ClCc1nc2cccnc2n1C1CCCCC1. The fourth-order valence-corrected chi connectivity index (χ4v) is 2.98. The third kappa shape index (κ3) is 1.93. The van der Waals surface area contributed by atoms with Gasteiger partial charge in [-0.2, -0.15) is 0 Å². The first-order chi connectivity index (χ1) is 8.40. The van der Waals surface area contributed by atoms with Crippen LogP contribution >= 0.6 is 11.6 Å². The Bertz CT molecular complexity index is 514. The molecule has 0 saturated heterocycles. The zero-order chi connectivity index (χ0) is 11.7. The topological polar surface area (TPSA) is 30.7 Å². The number of hydrogen-bond donors (Lipinski definition) is 0. The van der Waals surface area contributed by atoms with Gasteiger partial charge in [0, 0.05) is 12.2 Å². The number of rotatable bonds is 2. The molecule has 0 aromatic carbocycles. The van der Waals surface area contributed by atoms with Gasteiger partial charge in [-0.25, -0.2) is 9.97 Å². The van der Waals surface area contributed by atoms with E-state index in [1.165, 1.54) is 32.1 Å². The third-order valence-electron chi connectivity index (χ3n) is 3.58. The van der Waals surface area contributed by atoms with Crippen molar-refractivity contribution in [3.8, 4) is 0 Å². The molecule has 0 amide bonds. The predicted molar refractivity (Wildman–Crippen MR) is 69.2 cm³/mol.